The molecule has 0 saturated carbocycles. The molecule has 17 heavy (non-hydrogen) atoms. The molecule has 1 aromatic heterocycles. The normalized spacial score (nSPS) is 27.2. The molecule has 2 heterocycles. The zero-order valence-corrected chi connectivity index (χ0v) is 12.0. The molecule has 0 bridgehead atoms. The van der Waals surface area contributed by atoms with Gasteiger partial charge in [-0.15, -0.1) is 11.3 Å². The summed E-state index contributed by atoms with van der Waals surface area (Å²) < 4.78 is 0. The number of thiazole rings is 1. The van der Waals surface area contributed by atoms with E-state index in [0.29, 0.717) is 6.04 Å². The van der Waals surface area contributed by atoms with E-state index in [1.807, 2.05) is 6.92 Å². The van der Waals surface area contributed by atoms with Crippen LogP contribution in [0.1, 0.15) is 50.2 Å². The van der Waals surface area contributed by atoms with E-state index in [-0.39, 0.29) is 6.04 Å². The van der Waals surface area contributed by atoms with E-state index in [4.69, 9.17) is 10.7 Å². The first-order valence-electron chi connectivity index (χ1n) is 6.48. The zero-order chi connectivity index (χ0) is 12.6. The highest BCUT2D eigenvalue weighted by atomic mass is 32.1. The van der Waals surface area contributed by atoms with Gasteiger partial charge in [0.05, 0.1) is 5.69 Å². The van der Waals surface area contributed by atoms with Crippen LogP contribution in [0.5, 0.6) is 0 Å². The Morgan fingerprint density at radius 1 is 1.47 bits per heavy atom. The largest absolute Gasteiger partial charge is 0.345 e. The maximum Gasteiger partial charge on any atom is 0.186 e. The number of hydrogen-bond acceptors (Lipinski definition) is 4. The number of anilines is 1. The second-order valence-electron chi connectivity index (χ2n) is 5.41. The number of nitrogens with zero attached hydrogens (tertiary/aromatic N) is 2. The van der Waals surface area contributed by atoms with Gasteiger partial charge in [-0.1, -0.05) is 6.92 Å². The van der Waals surface area contributed by atoms with E-state index in [9.17, 15) is 0 Å². The minimum Gasteiger partial charge on any atom is -0.345 e. The number of nitrogens with two attached hydrogens (primary N) is 1. The van der Waals surface area contributed by atoms with Crippen molar-refractivity contribution in [3.8, 4) is 0 Å². The minimum atomic E-state index is 0.0975. The molecule has 1 aromatic rings. The third kappa shape index (κ3) is 2.63. The highest BCUT2D eigenvalue weighted by molar-refractivity contribution is 7.15. The lowest BCUT2D eigenvalue weighted by Crippen LogP contribution is -2.40. The van der Waals surface area contributed by atoms with Crippen molar-refractivity contribution in [3.05, 3.63) is 10.6 Å². The predicted molar refractivity (Wildman–Crippen MR) is 74.7 cm³/mol. The molecular formula is C13H23N3S. The highest BCUT2D eigenvalue weighted by Crippen LogP contribution is 2.34. The average Bonchev–Trinajstić information content (AvgIpc) is 2.60. The molecule has 2 rings (SSSR count). The van der Waals surface area contributed by atoms with Crippen molar-refractivity contribution in [2.75, 3.05) is 11.4 Å². The van der Waals surface area contributed by atoms with Crippen LogP contribution in [-0.4, -0.2) is 17.6 Å². The SMILES string of the molecule is Cc1nc(N2CCC(C)CC2C)sc1C(C)N. The summed E-state index contributed by atoms with van der Waals surface area (Å²) in [6.07, 6.45) is 2.54. The van der Waals surface area contributed by atoms with Crippen LogP contribution in [0.3, 0.4) is 0 Å². The van der Waals surface area contributed by atoms with Gasteiger partial charge in [-0.3, -0.25) is 0 Å². The fourth-order valence-corrected chi connectivity index (χ4v) is 3.78. The molecule has 3 atom stereocenters. The zero-order valence-electron chi connectivity index (χ0n) is 11.2. The third-order valence-electron chi connectivity index (χ3n) is 3.62. The molecule has 1 fully saturated rings. The summed E-state index contributed by atoms with van der Waals surface area (Å²) in [5.41, 5.74) is 7.07. The lowest BCUT2D eigenvalue weighted by molar-refractivity contribution is 0.377. The first-order valence-corrected chi connectivity index (χ1v) is 7.30. The Labute approximate surface area is 108 Å². The molecule has 4 heteroatoms. The monoisotopic (exact) mass is 253 g/mol. The number of hydrogen-bond donors (Lipinski definition) is 1. The van der Waals surface area contributed by atoms with Crippen LogP contribution < -0.4 is 10.6 Å². The third-order valence-corrected chi connectivity index (χ3v) is 5.01. The van der Waals surface area contributed by atoms with Crippen molar-refractivity contribution < 1.29 is 0 Å². The average molecular weight is 253 g/mol. The van der Waals surface area contributed by atoms with Crippen LogP contribution in [0.25, 0.3) is 0 Å². The molecule has 0 radical (unpaired) electrons. The Bertz CT molecular complexity index is 386. The number of rotatable bonds is 2. The first kappa shape index (κ1) is 12.8. The van der Waals surface area contributed by atoms with Gasteiger partial charge in [0.25, 0.3) is 0 Å². The van der Waals surface area contributed by atoms with Crippen LogP contribution in [0.4, 0.5) is 5.13 Å². The molecular weight excluding hydrogens is 230 g/mol. The second-order valence-corrected chi connectivity index (χ2v) is 6.42. The minimum absolute atomic E-state index is 0.0975. The van der Waals surface area contributed by atoms with Gasteiger partial charge in [-0.2, -0.15) is 0 Å². The first-order chi connectivity index (χ1) is 7.99. The second kappa shape index (κ2) is 4.94. The Kier molecular flexibility index (Phi) is 3.73. The van der Waals surface area contributed by atoms with E-state index in [1.165, 1.54) is 17.7 Å². The molecule has 0 aliphatic carbocycles. The standard InChI is InChI=1S/C13H23N3S/c1-8-5-6-16(9(2)7-8)13-15-11(4)12(17-13)10(3)14/h8-10H,5-7,14H2,1-4H3. The van der Waals surface area contributed by atoms with Crippen molar-refractivity contribution in [2.45, 2.75) is 52.6 Å². The smallest absolute Gasteiger partial charge is 0.186 e. The number of aromatic nitrogens is 1. The van der Waals surface area contributed by atoms with Crippen LogP contribution in [0.15, 0.2) is 0 Å². The van der Waals surface area contributed by atoms with Crippen molar-refractivity contribution in [1.82, 2.24) is 4.98 Å². The Balaban J connectivity index is 2.19. The van der Waals surface area contributed by atoms with Crippen molar-refractivity contribution in [3.63, 3.8) is 0 Å². The topological polar surface area (TPSA) is 42.2 Å². The molecule has 0 aromatic carbocycles. The van der Waals surface area contributed by atoms with E-state index in [1.54, 1.807) is 11.3 Å². The number of piperidine rings is 1. The van der Waals surface area contributed by atoms with Gasteiger partial charge in [0.15, 0.2) is 5.13 Å². The highest BCUT2D eigenvalue weighted by Gasteiger charge is 2.26. The van der Waals surface area contributed by atoms with E-state index in [0.717, 1.165) is 23.3 Å². The maximum atomic E-state index is 5.97. The summed E-state index contributed by atoms with van der Waals surface area (Å²) in [5, 5.41) is 1.16. The lowest BCUT2D eigenvalue weighted by Gasteiger charge is -2.36. The van der Waals surface area contributed by atoms with Gasteiger partial charge in [-0.05, 0) is 39.5 Å². The molecule has 2 N–H and O–H groups in total. The van der Waals surface area contributed by atoms with Gasteiger partial charge >= 0.3 is 0 Å². The summed E-state index contributed by atoms with van der Waals surface area (Å²) in [4.78, 5) is 8.37. The summed E-state index contributed by atoms with van der Waals surface area (Å²) in [6.45, 7) is 9.88. The van der Waals surface area contributed by atoms with Gasteiger partial charge < -0.3 is 10.6 Å². The van der Waals surface area contributed by atoms with Gasteiger partial charge in [0, 0.05) is 23.5 Å². The Morgan fingerprint density at radius 2 is 2.18 bits per heavy atom. The van der Waals surface area contributed by atoms with Gasteiger partial charge in [-0.25, -0.2) is 4.98 Å². The Hall–Kier alpha value is -0.610. The molecule has 0 spiro atoms. The van der Waals surface area contributed by atoms with Crippen LogP contribution >= 0.6 is 11.3 Å². The molecule has 1 aliphatic heterocycles. The van der Waals surface area contributed by atoms with Crippen LogP contribution in [0, 0.1) is 12.8 Å². The van der Waals surface area contributed by atoms with E-state index in [2.05, 4.69) is 25.7 Å². The fraction of sp³-hybridized carbons (Fsp3) is 0.769. The molecule has 3 unspecified atom stereocenters. The summed E-state index contributed by atoms with van der Waals surface area (Å²) >= 11 is 1.77. The van der Waals surface area contributed by atoms with E-state index < -0.39 is 0 Å². The molecule has 3 nitrogen and oxygen atoms in total. The molecule has 1 aliphatic rings. The van der Waals surface area contributed by atoms with Crippen molar-refractivity contribution in [1.29, 1.82) is 0 Å². The van der Waals surface area contributed by atoms with Crippen LogP contribution in [-0.2, 0) is 0 Å². The maximum absolute atomic E-state index is 5.97. The molecule has 1 saturated heterocycles. The number of aryl methyl sites for hydroxylation is 1. The fourth-order valence-electron chi connectivity index (χ4n) is 2.63. The van der Waals surface area contributed by atoms with Crippen molar-refractivity contribution >= 4 is 16.5 Å². The van der Waals surface area contributed by atoms with Gasteiger partial charge in [0.1, 0.15) is 0 Å². The predicted octanol–water partition coefficient (Wildman–Crippen LogP) is 3.10. The summed E-state index contributed by atoms with van der Waals surface area (Å²) in [6, 6.07) is 0.700. The Morgan fingerprint density at radius 3 is 2.71 bits per heavy atom. The van der Waals surface area contributed by atoms with E-state index >= 15 is 0 Å². The van der Waals surface area contributed by atoms with Crippen LogP contribution in [0.2, 0.25) is 0 Å². The van der Waals surface area contributed by atoms with Gasteiger partial charge in [0.2, 0.25) is 0 Å². The summed E-state index contributed by atoms with van der Waals surface area (Å²) in [5.74, 6) is 0.843. The molecule has 96 valence electrons. The quantitative estimate of drug-likeness (QED) is 0.880. The summed E-state index contributed by atoms with van der Waals surface area (Å²) in [7, 11) is 0. The molecule has 0 amide bonds. The lowest BCUT2D eigenvalue weighted by atomic mass is 9.94. The van der Waals surface area contributed by atoms with Crippen molar-refractivity contribution in [2.24, 2.45) is 11.7 Å².